The molecule has 0 radical (unpaired) electrons. The number of hydrogen-bond donors (Lipinski definition) is 1. The molecule has 0 aliphatic rings. The minimum atomic E-state index is -1.07. The molecule has 1 rings (SSSR count). The summed E-state index contributed by atoms with van der Waals surface area (Å²) in [6, 6.07) is 0. The predicted octanol–water partition coefficient (Wildman–Crippen LogP) is 0.561. The fourth-order valence-corrected chi connectivity index (χ4v) is 1.35. The standard InChI is InChI=1S/C10H15N3O4/c1-6(2)4-13(5-8(14)15)10(16)9-11-7(3)17-12-9/h6H,4-5H2,1-3H3,(H,14,15). The molecule has 1 aromatic rings. The number of aromatic nitrogens is 2. The van der Waals surface area contributed by atoms with Crippen LogP contribution in [0.4, 0.5) is 0 Å². The van der Waals surface area contributed by atoms with Gasteiger partial charge in [0.15, 0.2) is 0 Å². The van der Waals surface area contributed by atoms with E-state index >= 15 is 0 Å². The molecule has 1 aromatic heterocycles. The lowest BCUT2D eigenvalue weighted by Crippen LogP contribution is -2.38. The average Bonchev–Trinajstić information content (AvgIpc) is 2.61. The lowest BCUT2D eigenvalue weighted by atomic mass is 10.2. The van der Waals surface area contributed by atoms with Gasteiger partial charge < -0.3 is 14.5 Å². The fraction of sp³-hybridized carbons (Fsp3) is 0.600. The maximum Gasteiger partial charge on any atom is 0.323 e. The summed E-state index contributed by atoms with van der Waals surface area (Å²) in [7, 11) is 0. The van der Waals surface area contributed by atoms with Crippen molar-refractivity contribution in [3.8, 4) is 0 Å². The van der Waals surface area contributed by atoms with Gasteiger partial charge in [0.1, 0.15) is 6.54 Å². The van der Waals surface area contributed by atoms with Gasteiger partial charge in [-0.2, -0.15) is 4.98 Å². The van der Waals surface area contributed by atoms with Gasteiger partial charge in [-0.15, -0.1) is 0 Å². The largest absolute Gasteiger partial charge is 0.480 e. The quantitative estimate of drug-likeness (QED) is 0.809. The minimum Gasteiger partial charge on any atom is -0.480 e. The number of carboxylic acid groups (broad SMARTS) is 1. The zero-order valence-electron chi connectivity index (χ0n) is 10.0. The molecule has 0 aliphatic heterocycles. The molecule has 7 heteroatoms. The van der Waals surface area contributed by atoms with Gasteiger partial charge in [0.25, 0.3) is 11.7 Å². The summed E-state index contributed by atoms with van der Waals surface area (Å²) in [6.07, 6.45) is 0. The van der Waals surface area contributed by atoms with Gasteiger partial charge in [-0.25, -0.2) is 0 Å². The number of aliphatic carboxylic acids is 1. The Hall–Kier alpha value is -1.92. The third-order valence-corrected chi connectivity index (χ3v) is 1.92. The Labute approximate surface area is 98.4 Å². The van der Waals surface area contributed by atoms with Gasteiger partial charge in [-0.1, -0.05) is 19.0 Å². The molecule has 0 aliphatic carbocycles. The molecule has 0 bridgehead atoms. The van der Waals surface area contributed by atoms with E-state index in [-0.39, 0.29) is 24.2 Å². The van der Waals surface area contributed by atoms with Gasteiger partial charge in [0.2, 0.25) is 5.89 Å². The highest BCUT2D eigenvalue weighted by molar-refractivity contribution is 5.92. The van der Waals surface area contributed by atoms with Gasteiger partial charge >= 0.3 is 5.97 Å². The number of carbonyl (C=O) groups is 2. The molecule has 17 heavy (non-hydrogen) atoms. The zero-order chi connectivity index (χ0) is 13.0. The Bertz CT molecular complexity index is 413. The molecule has 0 saturated carbocycles. The summed E-state index contributed by atoms with van der Waals surface area (Å²) in [5.74, 6) is -1.28. The van der Waals surface area contributed by atoms with Crippen LogP contribution in [-0.2, 0) is 4.79 Å². The smallest absolute Gasteiger partial charge is 0.323 e. The monoisotopic (exact) mass is 241 g/mol. The summed E-state index contributed by atoms with van der Waals surface area (Å²) in [4.78, 5) is 27.6. The van der Waals surface area contributed by atoms with Crippen molar-refractivity contribution in [1.29, 1.82) is 0 Å². The second kappa shape index (κ2) is 5.42. The van der Waals surface area contributed by atoms with Crippen molar-refractivity contribution in [2.75, 3.05) is 13.1 Å². The number of rotatable bonds is 5. The van der Waals surface area contributed by atoms with Gasteiger partial charge in [-0.3, -0.25) is 9.59 Å². The molecule has 0 spiro atoms. The van der Waals surface area contributed by atoms with Crippen molar-refractivity contribution in [2.45, 2.75) is 20.8 Å². The summed E-state index contributed by atoms with van der Waals surface area (Å²) in [6.45, 7) is 5.31. The lowest BCUT2D eigenvalue weighted by Gasteiger charge is -2.20. The van der Waals surface area contributed by atoms with Crippen molar-refractivity contribution >= 4 is 11.9 Å². The molecule has 7 nitrogen and oxygen atoms in total. The Morgan fingerprint density at radius 1 is 1.47 bits per heavy atom. The van der Waals surface area contributed by atoms with Crippen LogP contribution in [0.3, 0.4) is 0 Å². The van der Waals surface area contributed by atoms with Crippen LogP contribution in [0, 0.1) is 12.8 Å². The first-order valence-corrected chi connectivity index (χ1v) is 5.21. The average molecular weight is 241 g/mol. The van der Waals surface area contributed by atoms with Crippen molar-refractivity contribution in [2.24, 2.45) is 5.92 Å². The zero-order valence-corrected chi connectivity index (χ0v) is 10.0. The van der Waals surface area contributed by atoms with Crippen LogP contribution in [-0.4, -0.2) is 45.1 Å². The SMILES string of the molecule is Cc1nc(C(=O)N(CC(=O)O)CC(C)C)no1. The van der Waals surface area contributed by atoms with Crippen LogP contribution in [0.2, 0.25) is 0 Å². The first kappa shape index (κ1) is 13.1. The number of nitrogens with zero attached hydrogens (tertiary/aromatic N) is 3. The Balaban J connectivity index is 2.82. The first-order chi connectivity index (χ1) is 7.90. The molecule has 0 atom stereocenters. The van der Waals surface area contributed by atoms with E-state index in [1.54, 1.807) is 6.92 Å². The van der Waals surface area contributed by atoms with Gasteiger partial charge in [0.05, 0.1) is 0 Å². The number of aryl methyl sites for hydroxylation is 1. The van der Waals surface area contributed by atoms with Crippen LogP contribution in [0.25, 0.3) is 0 Å². The number of carboxylic acids is 1. The van der Waals surface area contributed by atoms with E-state index in [2.05, 4.69) is 14.7 Å². The molecule has 0 unspecified atom stereocenters. The molecule has 1 N–H and O–H groups in total. The lowest BCUT2D eigenvalue weighted by molar-refractivity contribution is -0.137. The van der Waals surface area contributed by atoms with Crippen molar-refractivity contribution < 1.29 is 19.2 Å². The first-order valence-electron chi connectivity index (χ1n) is 5.21. The highest BCUT2D eigenvalue weighted by Crippen LogP contribution is 2.05. The maximum atomic E-state index is 11.9. The van der Waals surface area contributed by atoms with E-state index in [9.17, 15) is 9.59 Å². The molecule has 1 amide bonds. The van der Waals surface area contributed by atoms with E-state index in [4.69, 9.17) is 5.11 Å². The van der Waals surface area contributed by atoms with Crippen molar-refractivity contribution in [3.63, 3.8) is 0 Å². The van der Waals surface area contributed by atoms with E-state index in [1.165, 1.54) is 4.90 Å². The number of carbonyl (C=O) groups excluding carboxylic acids is 1. The number of hydrogen-bond acceptors (Lipinski definition) is 5. The van der Waals surface area contributed by atoms with Gasteiger partial charge in [-0.05, 0) is 5.92 Å². The Kier molecular flexibility index (Phi) is 4.19. The minimum absolute atomic E-state index is 0.107. The second-order valence-corrected chi connectivity index (χ2v) is 4.11. The molecule has 0 aromatic carbocycles. The van der Waals surface area contributed by atoms with Crippen LogP contribution >= 0.6 is 0 Å². The van der Waals surface area contributed by atoms with Crippen LogP contribution in [0.1, 0.15) is 30.4 Å². The van der Waals surface area contributed by atoms with Crippen LogP contribution in [0.15, 0.2) is 4.52 Å². The van der Waals surface area contributed by atoms with Crippen LogP contribution < -0.4 is 0 Å². The normalized spacial score (nSPS) is 10.6. The van der Waals surface area contributed by atoms with E-state index < -0.39 is 11.9 Å². The molecular weight excluding hydrogens is 226 g/mol. The summed E-state index contributed by atoms with van der Waals surface area (Å²) < 4.78 is 4.69. The second-order valence-electron chi connectivity index (χ2n) is 4.11. The third kappa shape index (κ3) is 3.86. The third-order valence-electron chi connectivity index (χ3n) is 1.92. The Morgan fingerprint density at radius 3 is 2.53 bits per heavy atom. The summed E-state index contributed by atoms with van der Waals surface area (Å²) in [5.41, 5.74) is 0. The highest BCUT2D eigenvalue weighted by Gasteiger charge is 2.23. The maximum absolute atomic E-state index is 11.9. The van der Waals surface area contributed by atoms with E-state index in [0.29, 0.717) is 6.54 Å². The van der Waals surface area contributed by atoms with Crippen molar-refractivity contribution in [3.05, 3.63) is 11.7 Å². The molecular formula is C10H15N3O4. The van der Waals surface area contributed by atoms with E-state index in [1.807, 2.05) is 13.8 Å². The summed E-state index contributed by atoms with van der Waals surface area (Å²) in [5, 5.41) is 12.2. The van der Waals surface area contributed by atoms with Gasteiger partial charge in [0, 0.05) is 13.5 Å². The van der Waals surface area contributed by atoms with E-state index in [0.717, 1.165) is 0 Å². The van der Waals surface area contributed by atoms with Crippen molar-refractivity contribution in [1.82, 2.24) is 15.0 Å². The fourth-order valence-electron chi connectivity index (χ4n) is 1.35. The predicted molar refractivity (Wildman–Crippen MR) is 57.4 cm³/mol. The van der Waals surface area contributed by atoms with Crippen LogP contribution in [0.5, 0.6) is 0 Å². The molecule has 1 heterocycles. The molecule has 94 valence electrons. The highest BCUT2D eigenvalue weighted by atomic mass is 16.5. The number of amides is 1. The molecule has 0 saturated heterocycles. The summed E-state index contributed by atoms with van der Waals surface area (Å²) >= 11 is 0. The Morgan fingerprint density at radius 2 is 2.12 bits per heavy atom. The topological polar surface area (TPSA) is 96.5 Å². The molecule has 0 fully saturated rings.